The lowest BCUT2D eigenvalue weighted by molar-refractivity contribution is -0.384. The van der Waals surface area contributed by atoms with E-state index in [4.69, 9.17) is 11.6 Å². The van der Waals surface area contributed by atoms with Crippen molar-refractivity contribution in [1.29, 1.82) is 0 Å². The lowest BCUT2D eigenvalue weighted by atomic mass is 10.2. The van der Waals surface area contributed by atoms with Crippen LogP contribution in [0.5, 0.6) is 0 Å². The molecule has 104 valence electrons. The fourth-order valence-corrected chi connectivity index (χ4v) is 2.40. The lowest BCUT2D eigenvalue weighted by Gasteiger charge is -2.07. The van der Waals surface area contributed by atoms with Crippen LogP contribution in [0.3, 0.4) is 0 Å². The molecule has 0 atom stereocenters. The maximum Gasteiger partial charge on any atom is 0.272 e. The van der Waals surface area contributed by atoms with Crippen LogP contribution in [0.1, 0.15) is 10.5 Å². The predicted octanol–water partition coefficient (Wildman–Crippen LogP) is 3.60. The zero-order valence-corrected chi connectivity index (χ0v) is 12.6. The number of nitrogens with zero attached hydrogens (tertiary/aromatic N) is 2. The molecule has 0 spiro atoms. The standard InChI is InChI=1S/C12H9BrClN3O3/c1-16-6-7(13)4-11(16)12(18)15-10-3-2-8(17(19)20)5-9(10)14/h2-6H,1H3,(H,15,18). The van der Waals surface area contributed by atoms with Crippen molar-refractivity contribution in [2.75, 3.05) is 5.32 Å². The van der Waals surface area contributed by atoms with Crippen molar-refractivity contribution >= 4 is 44.8 Å². The van der Waals surface area contributed by atoms with E-state index in [0.29, 0.717) is 11.4 Å². The van der Waals surface area contributed by atoms with Crippen molar-refractivity contribution in [3.63, 3.8) is 0 Å². The van der Waals surface area contributed by atoms with Crippen LogP contribution >= 0.6 is 27.5 Å². The Morgan fingerprint density at radius 2 is 2.15 bits per heavy atom. The molecule has 0 aliphatic carbocycles. The van der Waals surface area contributed by atoms with E-state index in [1.54, 1.807) is 23.9 Å². The summed E-state index contributed by atoms with van der Waals surface area (Å²) < 4.78 is 2.43. The summed E-state index contributed by atoms with van der Waals surface area (Å²) in [6, 6.07) is 5.53. The number of aromatic nitrogens is 1. The van der Waals surface area contributed by atoms with Gasteiger partial charge in [-0.3, -0.25) is 14.9 Å². The molecule has 8 heteroatoms. The maximum atomic E-state index is 12.1. The summed E-state index contributed by atoms with van der Waals surface area (Å²) in [5.41, 5.74) is 0.625. The fourth-order valence-electron chi connectivity index (χ4n) is 1.66. The summed E-state index contributed by atoms with van der Waals surface area (Å²) in [5, 5.41) is 13.3. The van der Waals surface area contributed by atoms with Gasteiger partial charge in [0.25, 0.3) is 11.6 Å². The third kappa shape index (κ3) is 3.00. The molecule has 1 heterocycles. The summed E-state index contributed by atoms with van der Waals surface area (Å²) >= 11 is 9.19. The Kier molecular flexibility index (Phi) is 4.10. The summed E-state index contributed by atoms with van der Waals surface area (Å²) in [7, 11) is 1.73. The highest BCUT2D eigenvalue weighted by atomic mass is 79.9. The maximum absolute atomic E-state index is 12.1. The third-order valence-corrected chi connectivity index (χ3v) is 3.36. The van der Waals surface area contributed by atoms with Crippen molar-refractivity contribution in [1.82, 2.24) is 4.57 Å². The van der Waals surface area contributed by atoms with E-state index in [2.05, 4.69) is 21.2 Å². The Morgan fingerprint density at radius 1 is 1.45 bits per heavy atom. The van der Waals surface area contributed by atoms with Gasteiger partial charge in [-0.05, 0) is 28.1 Å². The topological polar surface area (TPSA) is 77.2 Å². The van der Waals surface area contributed by atoms with E-state index in [0.717, 1.165) is 4.47 Å². The van der Waals surface area contributed by atoms with Crippen LogP contribution < -0.4 is 5.32 Å². The number of carbonyl (C=O) groups excluding carboxylic acids is 1. The highest BCUT2D eigenvalue weighted by Gasteiger charge is 2.15. The van der Waals surface area contributed by atoms with Gasteiger partial charge in [-0.25, -0.2) is 0 Å². The predicted molar refractivity (Wildman–Crippen MR) is 79.2 cm³/mol. The van der Waals surface area contributed by atoms with Gasteiger partial charge >= 0.3 is 0 Å². The minimum atomic E-state index is -0.550. The number of rotatable bonds is 3. The minimum Gasteiger partial charge on any atom is -0.345 e. The van der Waals surface area contributed by atoms with E-state index < -0.39 is 4.92 Å². The Balaban J connectivity index is 2.24. The molecule has 2 aromatic rings. The van der Waals surface area contributed by atoms with Crippen LogP contribution in [0.2, 0.25) is 5.02 Å². The van der Waals surface area contributed by atoms with Crippen molar-refractivity contribution in [2.24, 2.45) is 7.05 Å². The molecule has 0 radical (unpaired) electrons. The highest BCUT2D eigenvalue weighted by molar-refractivity contribution is 9.10. The van der Waals surface area contributed by atoms with Crippen LogP contribution in [0.25, 0.3) is 0 Å². The molecule has 20 heavy (non-hydrogen) atoms. The van der Waals surface area contributed by atoms with E-state index in [-0.39, 0.29) is 16.6 Å². The molecule has 0 unspecified atom stereocenters. The first-order valence-electron chi connectivity index (χ1n) is 5.45. The molecule has 1 aromatic carbocycles. The first kappa shape index (κ1) is 14.5. The number of non-ortho nitro benzene ring substituents is 1. The third-order valence-electron chi connectivity index (χ3n) is 2.62. The number of carbonyl (C=O) groups is 1. The molecule has 0 aliphatic rings. The van der Waals surface area contributed by atoms with Gasteiger partial charge in [0.1, 0.15) is 5.69 Å². The van der Waals surface area contributed by atoms with Gasteiger partial charge in [-0.15, -0.1) is 0 Å². The van der Waals surface area contributed by atoms with Gasteiger partial charge < -0.3 is 9.88 Å². The number of nitro benzene ring substituents is 1. The average molecular weight is 359 g/mol. The Labute approximate surface area is 127 Å². The molecule has 1 aromatic heterocycles. The number of nitro groups is 1. The number of amides is 1. The quantitative estimate of drug-likeness (QED) is 0.672. The second-order valence-corrected chi connectivity index (χ2v) is 5.35. The number of hydrogen-bond acceptors (Lipinski definition) is 3. The van der Waals surface area contributed by atoms with Crippen LogP contribution in [0.15, 0.2) is 34.9 Å². The van der Waals surface area contributed by atoms with Crippen LogP contribution in [0.4, 0.5) is 11.4 Å². The SMILES string of the molecule is Cn1cc(Br)cc1C(=O)Nc1ccc([N+](=O)[O-])cc1Cl. The second-order valence-electron chi connectivity index (χ2n) is 4.03. The summed E-state index contributed by atoms with van der Waals surface area (Å²) in [5.74, 6) is -0.353. The van der Waals surface area contributed by atoms with E-state index >= 15 is 0 Å². The van der Waals surface area contributed by atoms with Gasteiger partial charge in [0.15, 0.2) is 0 Å². The normalized spacial score (nSPS) is 10.3. The van der Waals surface area contributed by atoms with Gasteiger partial charge in [0.05, 0.1) is 15.6 Å². The van der Waals surface area contributed by atoms with Gasteiger partial charge in [0.2, 0.25) is 0 Å². The van der Waals surface area contributed by atoms with E-state index in [9.17, 15) is 14.9 Å². The van der Waals surface area contributed by atoms with E-state index in [1.165, 1.54) is 18.2 Å². The smallest absolute Gasteiger partial charge is 0.272 e. The molecule has 1 amide bonds. The van der Waals surface area contributed by atoms with Crippen LogP contribution in [0, 0.1) is 10.1 Å². The monoisotopic (exact) mass is 357 g/mol. The summed E-state index contributed by atoms with van der Waals surface area (Å²) in [4.78, 5) is 22.1. The van der Waals surface area contributed by atoms with Crippen LogP contribution in [-0.4, -0.2) is 15.4 Å². The van der Waals surface area contributed by atoms with Crippen molar-refractivity contribution in [3.8, 4) is 0 Å². The summed E-state index contributed by atoms with van der Waals surface area (Å²) in [6.45, 7) is 0. The summed E-state index contributed by atoms with van der Waals surface area (Å²) in [6.07, 6.45) is 1.74. The van der Waals surface area contributed by atoms with Gasteiger partial charge in [-0.2, -0.15) is 0 Å². The molecule has 1 N–H and O–H groups in total. The number of aryl methyl sites for hydroxylation is 1. The molecule has 0 saturated carbocycles. The zero-order chi connectivity index (χ0) is 14.9. The molecular weight excluding hydrogens is 350 g/mol. The van der Waals surface area contributed by atoms with Crippen LogP contribution in [-0.2, 0) is 7.05 Å². The van der Waals surface area contributed by atoms with Gasteiger partial charge in [-0.1, -0.05) is 11.6 Å². The molecular formula is C12H9BrClN3O3. The first-order valence-corrected chi connectivity index (χ1v) is 6.62. The molecule has 0 aliphatic heterocycles. The van der Waals surface area contributed by atoms with Crippen molar-refractivity contribution < 1.29 is 9.72 Å². The molecule has 0 saturated heterocycles. The number of benzene rings is 1. The number of halogens is 2. The van der Waals surface area contributed by atoms with Crippen molar-refractivity contribution in [3.05, 3.63) is 55.8 Å². The number of nitrogens with one attached hydrogen (secondary N) is 1. The Bertz CT molecular complexity index is 699. The average Bonchev–Trinajstić information content (AvgIpc) is 2.70. The Hall–Kier alpha value is -1.86. The molecule has 2 rings (SSSR count). The van der Waals surface area contributed by atoms with Gasteiger partial charge in [0, 0.05) is 29.8 Å². The largest absolute Gasteiger partial charge is 0.345 e. The van der Waals surface area contributed by atoms with E-state index in [1.807, 2.05) is 0 Å². The second kappa shape index (κ2) is 5.64. The minimum absolute atomic E-state index is 0.112. The van der Waals surface area contributed by atoms with Crippen molar-refractivity contribution in [2.45, 2.75) is 0 Å². The zero-order valence-electron chi connectivity index (χ0n) is 10.3. The molecule has 6 nitrogen and oxygen atoms in total. The molecule has 0 bridgehead atoms. The lowest BCUT2D eigenvalue weighted by Crippen LogP contribution is -2.15. The molecule has 0 fully saturated rings. The fraction of sp³-hybridized carbons (Fsp3) is 0.0833. The first-order chi connectivity index (χ1) is 9.38. The highest BCUT2D eigenvalue weighted by Crippen LogP contribution is 2.27. The number of hydrogen-bond donors (Lipinski definition) is 1. The number of anilines is 1. The Morgan fingerprint density at radius 3 is 2.65 bits per heavy atom.